The van der Waals surface area contributed by atoms with E-state index in [0.29, 0.717) is 11.3 Å². The number of carbonyl (C=O) groups is 1. The first-order valence-electron chi connectivity index (χ1n) is 7.48. The Hall–Kier alpha value is -3.27. The highest BCUT2D eigenvalue weighted by Crippen LogP contribution is 2.18. The molecule has 0 spiro atoms. The summed E-state index contributed by atoms with van der Waals surface area (Å²) in [5.41, 5.74) is 2.47. The predicted molar refractivity (Wildman–Crippen MR) is 96.0 cm³/mol. The van der Waals surface area contributed by atoms with E-state index in [0.717, 1.165) is 28.4 Å². The number of para-hydroxylation sites is 1. The second kappa shape index (κ2) is 6.87. The fourth-order valence-electron chi connectivity index (χ4n) is 2.41. The van der Waals surface area contributed by atoms with Gasteiger partial charge in [0.2, 0.25) is 0 Å². The van der Waals surface area contributed by atoms with Crippen LogP contribution in [0, 0.1) is 5.41 Å². The number of fused-ring (bicyclic) bond motifs is 1. The molecule has 0 aliphatic rings. The maximum atomic E-state index is 12.5. The van der Waals surface area contributed by atoms with Crippen molar-refractivity contribution in [3.8, 4) is 5.75 Å². The number of ether oxygens (including phenoxy) is 1. The van der Waals surface area contributed by atoms with Gasteiger partial charge in [0.15, 0.2) is 5.78 Å². The molecule has 0 aliphatic heterocycles. The third-order valence-corrected chi connectivity index (χ3v) is 3.70. The molecule has 1 N–H and O–H groups in total. The Bertz CT molecular complexity index is 928. The number of nitrogens with one attached hydrogen (secondary N) is 1. The van der Waals surface area contributed by atoms with Crippen molar-refractivity contribution in [2.75, 3.05) is 7.11 Å². The van der Waals surface area contributed by atoms with Crippen LogP contribution in [0.5, 0.6) is 5.75 Å². The van der Waals surface area contributed by atoms with Crippen LogP contribution >= 0.6 is 0 Å². The summed E-state index contributed by atoms with van der Waals surface area (Å²) >= 11 is 0. The van der Waals surface area contributed by atoms with Gasteiger partial charge in [0, 0.05) is 17.2 Å². The Morgan fingerprint density at radius 3 is 2.58 bits per heavy atom. The molecule has 3 rings (SSSR count). The van der Waals surface area contributed by atoms with E-state index in [1.165, 1.54) is 6.08 Å². The zero-order valence-corrected chi connectivity index (χ0v) is 13.2. The second-order valence-electron chi connectivity index (χ2n) is 5.23. The second-order valence-corrected chi connectivity index (χ2v) is 5.23. The van der Waals surface area contributed by atoms with Gasteiger partial charge < -0.3 is 10.1 Å². The summed E-state index contributed by atoms with van der Waals surface area (Å²) in [6.07, 6.45) is 4.35. The maximum absolute atomic E-state index is 12.5. The predicted octanol–water partition coefficient (Wildman–Crippen LogP) is 4.14. The van der Waals surface area contributed by atoms with Gasteiger partial charge >= 0.3 is 0 Å². The Kier molecular flexibility index (Phi) is 4.47. The highest BCUT2D eigenvalue weighted by Gasteiger charge is 2.10. The molecule has 0 saturated carbocycles. The number of hydrogen-bond donors (Lipinski definition) is 1. The summed E-state index contributed by atoms with van der Waals surface area (Å²) < 4.78 is 5.11. The molecule has 0 amide bonds. The molecule has 0 atom stereocenters. The largest absolute Gasteiger partial charge is 0.497 e. The van der Waals surface area contributed by atoms with Crippen LogP contribution in [0.15, 0.2) is 60.7 Å². The Labute approximate surface area is 139 Å². The zero-order chi connectivity index (χ0) is 16.9. The normalized spacial score (nSPS) is 10.9. The molecule has 1 aromatic heterocycles. The molecule has 4 nitrogen and oxygen atoms in total. The molecule has 3 aromatic rings. The first kappa shape index (κ1) is 15.6. The molecule has 0 radical (unpaired) electrons. The SMILES string of the molecule is COc1ccc(C=CC(=O)c2cc3ccccc3nc2C=N)cc1. The van der Waals surface area contributed by atoms with Crippen molar-refractivity contribution in [1.29, 1.82) is 5.41 Å². The number of nitrogens with zero attached hydrogens (tertiary/aromatic N) is 1. The molecule has 0 fully saturated rings. The number of methoxy groups -OCH3 is 1. The van der Waals surface area contributed by atoms with E-state index in [1.54, 1.807) is 19.3 Å². The fourth-order valence-corrected chi connectivity index (χ4v) is 2.41. The van der Waals surface area contributed by atoms with Crippen molar-refractivity contribution >= 4 is 29.0 Å². The van der Waals surface area contributed by atoms with Crippen molar-refractivity contribution in [3.05, 3.63) is 77.5 Å². The van der Waals surface area contributed by atoms with Gasteiger partial charge in [-0.15, -0.1) is 0 Å². The number of rotatable bonds is 5. The van der Waals surface area contributed by atoms with Gasteiger partial charge in [-0.25, -0.2) is 4.98 Å². The first-order valence-corrected chi connectivity index (χ1v) is 7.48. The summed E-state index contributed by atoms with van der Waals surface area (Å²) in [6, 6.07) is 16.8. The number of carbonyl (C=O) groups excluding carboxylic acids is 1. The summed E-state index contributed by atoms with van der Waals surface area (Å²) in [6.45, 7) is 0. The smallest absolute Gasteiger partial charge is 0.188 e. The molecular formula is C20H16N2O2. The molecule has 1 heterocycles. The van der Waals surface area contributed by atoms with Crippen molar-refractivity contribution in [1.82, 2.24) is 4.98 Å². The molecule has 0 aliphatic carbocycles. The molecule has 2 aromatic carbocycles. The van der Waals surface area contributed by atoms with E-state index in [2.05, 4.69) is 4.98 Å². The quantitative estimate of drug-likeness (QED) is 0.437. The Morgan fingerprint density at radius 1 is 1.12 bits per heavy atom. The molecule has 118 valence electrons. The van der Waals surface area contributed by atoms with Crippen molar-refractivity contribution in [2.24, 2.45) is 0 Å². The molecular weight excluding hydrogens is 300 g/mol. The minimum Gasteiger partial charge on any atom is -0.497 e. The Balaban J connectivity index is 1.92. The van der Waals surface area contributed by atoms with E-state index in [9.17, 15) is 4.79 Å². The molecule has 4 heteroatoms. The van der Waals surface area contributed by atoms with E-state index in [-0.39, 0.29) is 5.78 Å². The zero-order valence-electron chi connectivity index (χ0n) is 13.2. The van der Waals surface area contributed by atoms with Crippen LogP contribution in [-0.2, 0) is 0 Å². The molecule has 0 bridgehead atoms. The lowest BCUT2D eigenvalue weighted by Gasteiger charge is -2.04. The number of ketones is 1. The van der Waals surface area contributed by atoms with Crippen LogP contribution in [0.25, 0.3) is 17.0 Å². The van der Waals surface area contributed by atoms with Crippen LogP contribution in [-0.4, -0.2) is 24.1 Å². The minimum atomic E-state index is -0.178. The number of aromatic nitrogens is 1. The Morgan fingerprint density at radius 2 is 1.88 bits per heavy atom. The van der Waals surface area contributed by atoms with Gasteiger partial charge in [-0.05, 0) is 35.9 Å². The third kappa shape index (κ3) is 3.22. The average molecular weight is 316 g/mol. The van der Waals surface area contributed by atoms with Gasteiger partial charge in [0.1, 0.15) is 5.75 Å². The number of benzene rings is 2. The van der Waals surface area contributed by atoms with E-state index >= 15 is 0 Å². The van der Waals surface area contributed by atoms with E-state index in [1.807, 2.05) is 48.5 Å². The van der Waals surface area contributed by atoms with Crippen LogP contribution in [0.3, 0.4) is 0 Å². The highest BCUT2D eigenvalue weighted by molar-refractivity contribution is 6.12. The number of pyridine rings is 1. The topological polar surface area (TPSA) is 63.0 Å². The van der Waals surface area contributed by atoms with Crippen LogP contribution in [0.1, 0.15) is 21.6 Å². The van der Waals surface area contributed by atoms with Crippen LogP contribution in [0.2, 0.25) is 0 Å². The number of hydrogen-bond acceptors (Lipinski definition) is 4. The lowest BCUT2D eigenvalue weighted by Crippen LogP contribution is -2.03. The maximum Gasteiger partial charge on any atom is 0.188 e. The van der Waals surface area contributed by atoms with Gasteiger partial charge in [-0.3, -0.25) is 4.79 Å². The van der Waals surface area contributed by atoms with Gasteiger partial charge in [0.05, 0.1) is 18.3 Å². The monoisotopic (exact) mass is 316 g/mol. The lowest BCUT2D eigenvalue weighted by molar-refractivity contribution is 0.104. The van der Waals surface area contributed by atoms with Crippen molar-refractivity contribution in [2.45, 2.75) is 0 Å². The fraction of sp³-hybridized carbons (Fsp3) is 0.0500. The minimum absolute atomic E-state index is 0.178. The summed E-state index contributed by atoms with van der Waals surface area (Å²) in [5, 5.41) is 8.40. The van der Waals surface area contributed by atoms with Gasteiger partial charge in [-0.1, -0.05) is 36.4 Å². The first-order chi connectivity index (χ1) is 11.7. The van der Waals surface area contributed by atoms with Gasteiger partial charge in [0.25, 0.3) is 0 Å². The highest BCUT2D eigenvalue weighted by atomic mass is 16.5. The molecule has 0 saturated heterocycles. The van der Waals surface area contributed by atoms with Crippen LogP contribution in [0.4, 0.5) is 0 Å². The van der Waals surface area contributed by atoms with Gasteiger partial charge in [-0.2, -0.15) is 0 Å². The summed E-state index contributed by atoms with van der Waals surface area (Å²) in [4.78, 5) is 16.9. The third-order valence-electron chi connectivity index (χ3n) is 3.70. The van der Waals surface area contributed by atoms with E-state index < -0.39 is 0 Å². The van der Waals surface area contributed by atoms with E-state index in [4.69, 9.17) is 10.1 Å². The summed E-state index contributed by atoms with van der Waals surface area (Å²) in [7, 11) is 1.61. The van der Waals surface area contributed by atoms with Crippen molar-refractivity contribution < 1.29 is 9.53 Å². The standard InChI is InChI=1S/C20H16N2O2/c1-24-16-9-6-14(7-10-16)8-11-20(23)17-12-15-4-2-3-5-18(15)22-19(17)13-21/h2-13,21H,1H3. The van der Waals surface area contributed by atoms with Crippen molar-refractivity contribution in [3.63, 3.8) is 0 Å². The van der Waals surface area contributed by atoms with Crippen LogP contribution < -0.4 is 4.74 Å². The number of allylic oxidation sites excluding steroid dienone is 1. The summed E-state index contributed by atoms with van der Waals surface area (Å²) in [5.74, 6) is 0.589. The average Bonchev–Trinajstić information content (AvgIpc) is 2.65. The lowest BCUT2D eigenvalue weighted by atomic mass is 10.0. The molecule has 24 heavy (non-hydrogen) atoms. The molecule has 0 unspecified atom stereocenters.